The molecule has 35 heavy (non-hydrogen) atoms. The molecule has 4 rings (SSSR count). The summed E-state index contributed by atoms with van der Waals surface area (Å²) < 4.78 is 30.8. The summed E-state index contributed by atoms with van der Waals surface area (Å²) in [5.74, 6) is -0.365. The molecule has 3 aromatic rings. The first kappa shape index (κ1) is 24.3. The number of ether oxygens (including phenoxy) is 3. The minimum absolute atomic E-state index is 0.179. The van der Waals surface area contributed by atoms with E-state index in [0.717, 1.165) is 11.1 Å². The number of aliphatic carboxylic acids is 1. The molecule has 0 unspecified atom stereocenters. The van der Waals surface area contributed by atoms with Crippen LogP contribution in [0.4, 0.5) is 10.1 Å². The molecule has 1 atom stereocenters. The van der Waals surface area contributed by atoms with Gasteiger partial charge < -0.3 is 24.6 Å². The van der Waals surface area contributed by atoms with Crippen LogP contribution in [0.25, 0.3) is 0 Å². The fourth-order valence-corrected chi connectivity index (χ4v) is 3.89. The number of rotatable bonds is 7. The summed E-state index contributed by atoms with van der Waals surface area (Å²) in [6.07, 6.45) is -0.667. The fraction of sp³-hybridized carbons (Fsp3) is 0.231. The Hall–Kier alpha value is -3.78. The number of carbonyl (C=O) groups excluding carboxylic acids is 1. The van der Waals surface area contributed by atoms with Crippen LogP contribution in [0.3, 0.4) is 0 Å². The third-order valence-corrected chi connectivity index (χ3v) is 6.04. The van der Waals surface area contributed by atoms with Gasteiger partial charge in [-0.3, -0.25) is 9.59 Å². The number of nitrogens with one attached hydrogen (secondary N) is 1. The Morgan fingerprint density at radius 2 is 1.91 bits per heavy atom. The van der Waals surface area contributed by atoms with Gasteiger partial charge in [0.05, 0.1) is 6.42 Å². The summed E-state index contributed by atoms with van der Waals surface area (Å²) in [7, 11) is 0. The van der Waals surface area contributed by atoms with Crippen LogP contribution in [-0.2, 0) is 11.2 Å². The zero-order chi connectivity index (χ0) is 25.1. The van der Waals surface area contributed by atoms with E-state index in [-0.39, 0.29) is 25.5 Å². The van der Waals surface area contributed by atoms with Crippen molar-refractivity contribution in [1.82, 2.24) is 0 Å². The number of carboxylic acids is 1. The van der Waals surface area contributed by atoms with Crippen LogP contribution in [0.2, 0.25) is 5.02 Å². The number of hydrogen-bond donors (Lipinski definition) is 2. The van der Waals surface area contributed by atoms with E-state index in [1.54, 1.807) is 30.3 Å². The van der Waals surface area contributed by atoms with Gasteiger partial charge in [0.1, 0.15) is 24.8 Å². The molecule has 0 fully saturated rings. The molecule has 7 nitrogen and oxygen atoms in total. The van der Waals surface area contributed by atoms with Gasteiger partial charge in [-0.25, -0.2) is 4.39 Å². The molecule has 9 heteroatoms. The van der Waals surface area contributed by atoms with Crippen molar-refractivity contribution in [3.8, 4) is 17.2 Å². The maximum atomic E-state index is 13.5. The molecule has 1 heterocycles. The van der Waals surface area contributed by atoms with Crippen molar-refractivity contribution in [2.75, 3.05) is 18.5 Å². The second-order valence-electron chi connectivity index (χ2n) is 8.15. The topological polar surface area (TPSA) is 94.1 Å². The van der Waals surface area contributed by atoms with Crippen molar-refractivity contribution in [3.05, 3.63) is 81.6 Å². The summed E-state index contributed by atoms with van der Waals surface area (Å²) in [6, 6.07) is 12.2. The Labute approximate surface area is 206 Å². The van der Waals surface area contributed by atoms with E-state index < -0.39 is 17.9 Å². The first-order valence-electron chi connectivity index (χ1n) is 10.8. The van der Waals surface area contributed by atoms with Crippen molar-refractivity contribution in [3.63, 3.8) is 0 Å². The van der Waals surface area contributed by atoms with E-state index in [1.807, 2.05) is 13.8 Å². The van der Waals surface area contributed by atoms with Crippen LogP contribution in [0.5, 0.6) is 17.2 Å². The maximum absolute atomic E-state index is 13.5. The lowest BCUT2D eigenvalue weighted by molar-refractivity contribution is -0.136. The van der Waals surface area contributed by atoms with Crippen molar-refractivity contribution in [2.24, 2.45) is 0 Å². The minimum Gasteiger partial charge on any atom is -0.489 e. The molecule has 1 aliphatic heterocycles. The molecule has 3 aromatic carbocycles. The normalized spacial score (nSPS) is 14.3. The molecule has 0 saturated carbocycles. The molecule has 1 aliphatic rings. The quantitative estimate of drug-likeness (QED) is 0.464. The number of hydrogen-bond acceptors (Lipinski definition) is 5. The second kappa shape index (κ2) is 10.2. The average molecular weight is 500 g/mol. The molecule has 0 saturated heterocycles. The number of benzene rings is 3. The predicted octanol–water partition coefficient (Wildman–Crippen LogP) is 5.19. The fourth-order valence-electron chi connectivity index (χ4n) is 3.70. The van der Waals surface area contributed by atoms with Gasteiger partial charge in [0.25, 0.3) is 5.91 Å². The van der Waals surface area contributed by atoms with Crippen LogP contribution >= 0.6 is 11.6 Å². The third kappa shape index (κ3) is 5.66. The SMILES string of the molecule is Cc1c(OC[C@@H]2COc3ccc(F)cc3O2)ccc(C(=O)Nc2ccc(Cl)c(CC(=O)O)c2)c1C. The predicted molar refractivity (Wildman–Crippen MR) is 128 cm³/mol. The first-order valence-corrected chi connectivity index (χ1v) is 11.2. The monoisotopic (exact) mass is 499 g/mol. The number of amides is 1. The summed E-state index contributed by atoms with van der Waals surface area (Å²) in [5.41, 5.74) is 2.81. The van der Waals surface area contributed by atoms with Gasteiger partial charge in [-0.1, -0.05) is 11.6 Å². The van der Waals surface area contributed by atoms with Gasteiger partial charge in [0.15, 0.2) is 17.6 Å². The average Bonchev–Trinajstić information content (AvgIpc) is 2.81. The van der Waals surface area contributed by atoms with Crippen molar-refractivity contribution < 1.29 is 33.3 Å². The third-order valence-electron chi connectivity index (χ3n) is 5.68. The first-order chi connectivity index (χ1) is 16.7. The van der Waals surface area contributed by atoms with Crippen LogP contribution in [0.15, 0.2) is 48.5 Å². The molecular formula is C26H23ClFNO6. The van der Waals surface area contributed by atoms with Crippen LogP contribution in [0, 0.1) is 19.7 Å². The highest BCUT2D eigenvalue weighted by Crippen LogP contribution is 2.33. The number of carbonyl (C=O) groups is 2. The zero-order valence-electron chi connectivity index (χ0n) is 19.1. The van der Waals surface area contributed by atoms with E-state index in [2.05, 4.69) is 5.32 Å². The molecule has 0 aromatic heterocycles. The van der Waals surface area contributed by atoms with E-state index in [4.69, 9.17) is 30.9 Å². The standard InChI is InChI=1S/C26H23ClFNO6/c1-14-15(2)22(33-12-19-13-34-23-7-3-17(28)11-24(23)35-19)8-5-20(14)26(32)29-18-4-6-21(27)16(9-18)10-25(30)31/h3-9,11,19H,10,12-13H2,1-2H3,(H,29,32)(H,30,31)/t19-/m1/s1. The Morgan fingerprint density at radius 3 is 2.69 bits per heavy atom. The smallest absolute Gasteiger partial charge is 0.307 e. The van der Waals surface area contributed by atoms with Crippen molar-refractivity contribution in [1.29, 1.82) is 0 Å². The molecule has 2 N–H and O–H groups in total. The summed E-state index contributed by atoms with van der Waals surface area (Å²) in [4.78, 5) is 23.9. The number of anilines is 1. The lowest BCUT2D eigenvalue weighted by Gasteiger charge is -2.26. The van der Waals surface area contributed by atoms with Crippen molar-refractivity contribution in [2.45, 2.75) is 26.4 Å². The van der Waals surface area contributed by atoms with E-state index in [0.29, 0.717) is 39.1 Å². The molecule has 0 spiro atoms. The molecule has 182 valence electrons. The van der Waals surface area contributed by atoms with Gasteiger partial charge >= 0.3 is 5.97 Å². The molecule has 1 amide bonds. The summed E-state index contributed by atoms with van der Waals surface area (Å²) >= 11 is 6.05. The van der Waals surface area contributed by atoms with Gasteiger partial charge in [0.2, 0.25) is 0 Å². The van der Waals surface area contributed by atoms with Crippen LogP contribution in [0.1, 0.15) is 27.0 Å². The van der Waals surface area contributed by atoms with Crippen LogP contribution in [-0.4, -0.2) is 36.3 Å². The largest absolute Gasteiger partial charge is 0.489 e. The molecule has 0 radical (unpaired) electrons. The van der Waals surface area contributed by atoms with Gasteiger partial charge in [-0.15, -0.1) is 0 Å². The minimum atomic E-state index is -1.01. The number of carboxylic acid groups (broad SMARTS) is 1. The molecular weight excluding hydrogens is 477 g/mol. The maximum Gasteiger partial charge on any atom is 0.307 e. The number of fused-ring (bicyclic) bond motifs is 1. The van der Waals surface area contributed by atoms with E-state index in [1.165, 1.54) is 18.2 Å². The highest BCUT2D eigenvalue weighted by Gasteiger charge is 2.23. The van der Waals surface area contributed by atoms with Gasteiger partial charge in [-0.05, 0) is 73.0 Å². The molecule has 0 bridgehead atoms. The highest BCUT2D eigenvalue weighted by molar-refractivity contribution is 6.31. The lowest BCUT2D eigenvalue weighted by atomic mass is 10.0. The Bertz CT molecular complexity index is 1300. The summed E-state index contributed by atoms with van der Waals surface area (Å²) in [6.45, 7) is 4.10. The van der Waals surface area contributed by atoms with E-state index in [9.17, 15) is 14.0 Å². The zero-order valence-corrected chi connectivity index (χ0v) is 19.8. The Balaban J connectivity index is 1.42. The van der Waals surface area contributed by atoms with Crippen LogP contribution < -0.4 is 19.5 Å². The molecule has 0 aliphatic carbocycles. The van der Waals surface area contributed by atoms with E-state index >= 15 is 0 Å². The Morgan fingerprint density at radius 1 is 1.11 bits per heavy atom. The van der Waals surface area contributed by atoms with Gasteiger partial charge in [0, 0.05) is 22.3 Å². The Kier molecular flexibility index (Phi) is 7.12. The second-order valence-corrected chi connectivity index (χ2v) is 8.55. The lowest BCUT2D eigenvalue weighted by Crippen LogP contribution is -2.34. The van der Waals surface area contributed by atoms with Gasteiger partial charge in [-0.2, -0.15) is 0 Å². The summed E-state index contributed by atoms with van der Waals surface area (Å²) in [5, 5.41) is 12.1. The number of halogens is 2. The highest BCUT2D eigenvalue weighted by atomic mass is 35.5. The van der Waals surface area contributed by atoms with Crippen molar-refractivity contribution >= 4 is 29.2 Å².